The van der Waals surface area contributed by atoms with Crippen molar-refractivity contribution in [1.29, 1.82) is 0 Å². The fourth-order valence-electron chi connectivity index (χ4n) is 3.56. The highest BCUT2D eigenvalue weighted by atomic mass is 19.4. The minimum absolute atomic E-state index is 0.167. The molecule has 0 saturated carbocycles. The lowest BCUT2D eigenvalue weighted by Gasteiger charge is -2.20. The molecule has 0 aliphatic carbocycles. The minimum Gasteiger partial charge on any atom is -0.495 e. The number of hydrogen-bond donors (Lipinski definition) is 0. The molecule has 2 nitrogen and oxygen atoms in total. The van der Waals surface area contributed by atoms with Gasteiger partial charge in [0.15, 0.2) is 0 Å². The van der Waals surface area contributed by atoms with Crippen molar-refractivity contribution in [2.45, 2.75) is 38.5 Å². The van der Waals surface area contributed by atoms with Crippen molar-refractivity contribution >= 4 is 0 Å². The highest BCUT2D eigenvalue weighted by Crippen LogP contribution is 2.38. The molecule has 0 spiro atoms. The van der Waals surface area contributed by atoms with E-state index in [4.69, 9.17) is 4.74 Å². The smallest absolute Gasteiger partial charge is 0.458 e. The van der Waals surface area contributed by atoms with Crippen molar-refractivity contribution in [2.24, 2.45) is 0 Å². The normalized spacial score (nSPS) is 11.3. The van der Waals surface area contributed by atoms with Crippen LogP contribution in [0, 0.1) is 52.8 Å². The fourth-order valence-corrected chi connectivity index (χ4v) is 3.56. The van der Waals surface area contributed by atoms with Gasteiger partial charge in [-0.05, 0) is 42.7 Å². The molecule has 0 unspecified atom stereocenters. The quantitative estimate of drug-likeness (QED) is 0.205. The van der Waals surface area contributed by atoms with Gasteiger partial charge in [0.05, 0.1) is 12.7 Å². The number of hydrogen-bond acceptors (Lipinski definition) is 2. The second-order valence-electron chi connectivity index (χ2n) is 8.45. The molecule has 12 heteroatoms. The van der Waals surface area contributed by atoms with Crippen LogP contribution in [-0.4, -0.2) is 13.3 Å². The molecule has 0 aliphatic rings. The summed E-state index contributed by atoms with van der Waals surface area (Å²) >= 11 is 0. The number of rotatable bonds is 7. The van der Waals surface area contributed by atoms with E-state index < -0.39 is 75.1 Å². The molecule has 41 heavy (non-hydrogen) atoms. The van der Waals surface area contributed by atoms with Gasteiger partial charge in [-0.3, -0.25) is 0 Å². The van der Waals surface area contributed by atoms with E-state index in [9.17, 15) is 43.9 Å². The molecule has 0 N–H and O–H groups in total. The van der Waals surface area contributed by atoms with Crippen molar-refractivity contribution in [3.63, 3.8) is 0 Å². The van der Waals surface area contributed by atoms with Crippen molar-refractivity contribution < 1.29 is 53.4 Å². The third-order valence-electron chi connectivity index (χ3n) is 5.41. The van der Waals surface area contributed by atoms with Gasteiger partial charge in [-0.2, -0.15) is 22.0 Å². The maximum atomic E-state index is 14.8. The number of ether oxygens (including phenoxy) is 2. The maximum Gasteiger partial charge on any atom is 0.458 e. The molecule has 3 rings (SSSR count). The Labute approximate surface area is 227 Å². The Morgan fingerprint density at radius 2 is 1.29 bits per heavy atom. The number of halogens is 10. The summed E-state index contributed by atoms with van der Waals surface area (Å²) < 4.78 is 147. The zero-order valence-corrected chi connectivity index (χ0v) is 21.2. The number of methoxy groups -OCH3 is 1. The summed E-state index contributed by atoms with van der Waals surface area (Å²) in [5.74, 6) is -2.36. The lowest BCUT2D eigenvalue weighted by atomic mass is 10.0. The number of aryl methyl sites for hydroxylation is 1. The van der Waals surface area contributed by atoms with Crippen LogP contribution in [0.15, 0.2) is 36.4 Å². The Hall–Kier alpha value is -4.32. The first kappa shape index (κ1) is 31.2. The zero-order chi connectivity index (χ0) is 30.5. The van der Waals surface area contributed by atoms with Gasteiger partial charge in [0.1, 0.15) is 51.7 Å². The van der Waals surface area contributed by atoms with Gasteiger partial charge in [0.25, 0.3) is 0 Å². The van der Waals surface area contributed by atoms with Gasteiger partial charge in [-0.15, -0.1) is 0 Å². The molecular formula is C29H18F10O2. The van der Waals surface area contributed by atoms with E-state index in [0.717, 1.165) is 31.2 Å². The average Bonchev–Trinajstić information content (AvgIpc) is 2.84. The molecule has 0 heterocycles. The molecule has 0 fully saturated rings. The molecule has 0 amide bonds. The van der Waals surface area contributed by atoms with Crippen LogP contribution in [0.3, 0.4) is 0 Å². The highest BCUT2D eigenvalue weighted by molar-refractivity contribution is 5.54. The van der Waals surface area contributed by atoms with E-state index in [1.807, 2.05) is 6.92 Å². The van der Waals surface area contributed by atoms with Gasteiger partial charge >= 0.3 is 12.3 Å². The van der Waals surface area contributed by atoms with E-state index in [0.29, 0.717) is 31.0 Å². The number of alkyl halides is 5. The van der Waals surface area contributed by atoms with Crippen LogP contribution < -0.4 is 9.47 Å². The molecule has 0 aliphatic heterocycles. The molecule has 216 valence electrons. The topological polar surface area (TPSA) is 18.5 Å². The van der Waals surface area contributed by atoms with Crippen LogP contribution in [0.1, 0.15) is 47.6 Å². The summed E-state index contributed by atoms with van der Waals surface area (Å²) in [6.07, 6.45) is -8.03. The van der Waals surface area contributed by atoms with Gasteiger partial charge < -0.3 is 9.47 Å². The molecule has 3 aromatic carbocycles. The average molecular weight is 588 g/mol. The standard InChI is InChI=1S/C29H18F10O2/c1-3-4-5-16-12-24(33)27(25(34)13-16)29(38,39)41-18-14-23(32)20(26(15-18)40-2)7-6-17-10-21(30)19(22(31)11-17)8-9-28(35,36)37/h10-15H,3-5H2,1-2H3. The lowest BCUT2D eigenvalue weighted by Crippen LogP contribution is -2.25. The van der Waals surface area contributed by atoms with Crippen LogP contribution in [0.5, 0.6) is 11.5 Å². The van der Waals surface area contributed by atoms with Crippen molar-refractivity contribution in [3.8, 4) is 35.2 Å². The molecule has 0 saturated heterocycles. The first-order valence-electron chi connectivity index (χ1n) is 11.7. The van der Waals surface area contributed by atoms with Crippen LogP contribution in [0.2, 0.25) is 0 Å². The second kappa shape index (κ2) is 12.5. The lowest BCUT2D eigenvalue weighted by molar-refractivity contribution is -0.189. The first-order chi connectivity index (χ1) is 19.1. The number of unbranched alkanes of at least 4 members (excludes halogenated alkanes) is 1. The molecule has 0 atom stereocenters. The highest BCUT2D eigenvalue weighted by Gasteiger charge is 2.41. The summed E-state index contributed by atoms with van der Waals surface area (Å²) in [5.41, 5.74) is -3.70. The zero-order valence-electron chi connectivity index (χ0n) is 21.2. The summed E-state index contributed by atoms with van der Waals surface area (Å²) in [6.45, 7) is 1.84. The Morgan fingerprint density at radius 1 is 0.707 bits per heavy atom. The van der Waals surface area contributed by atoms with Gasteiger partial charge in [0.2, 0.25) is 0 Å². The summed E-state index contributed by atoms with van der Waals surface area (Å²) in [7, 11) is 1.00. The van der Waals surface area contributed by atoms with Gasteiger partial charge in [-0.1, -0.05) is 31.1 Å². The molecule has 0 aromatic heterocycles. The molecule has 0 radical (unpaired) electrons. The second-order valence-corrected chi connectivity index (χ2v) is 8.45. The number of benzene rings is 3. The third-order valence-corrected chi connectivity index (χ3v) is 5.41. The van der Waals surface area contributed by atoms with Crippen LogP contribution in [0.4, 0.5) is 43.9 Å². The van der Waals surface area contributed by atoms with Gasteiger partial charge in [-0.25, -0.2) is 22.0 Å². The van der Waals surface area contributed by atoms with E-state index in [-0.39, 0.29) is 12.0 Å². The largest absolute Gasteiger partial charge is 0.495 e. The Bertz CT molecular complexity index is 1520. The van der Waals surface area contributed by atoms with E-state index in [2.05, 4.69) is 16.6 Å². The Balaban J connectivity index is 1.93. The van der Waals surface area contributed by atoms with E-state index in [1.54, 1.807) is 0 Å². The van der Waals surface area contributed by atoms with Crippen LogP contribution >= 0.6 is 0 Å². The predicted molar refractivity (Wildman–Crippen MR) is 128 cm³/mol. The van der Waals surface area contributed by atoms with E-state index in [1.165, 1.54) is 5.92 Å². The van der Waals surface area contributed by atoms with E-state index >= 15 is 0 Å². The minimum atomic E-state index is -4.99. The Kier molecular flexibility index (Phi) is 9.49. The third kappa shape index (κ3) is 7.88. The fraction of sp³-hybridized carbons (Fsp3) is 0.241. The maximum absolute atomic E-state index is 14.8. The molecular weight excluding hydrogens is 570 g/mol. The van der Waals surface area contributed by atoms with Crippen LogP contribution in [0.25, 0.3) is 0 Å². The first-order valence-corrected chi connectivity index (χ1v) is 11.7. The summed E-state index contributed by atoms with van der Waals surface area (Å²) in [6, 6.07) is 3.77. The van der Waals surface area contributed by atoms with Crippen molar-refractivity contribution in [2.75, 3.05) is 7.11 Å². The predicted octanol–water partition coefficient (Wildman–Crippen LogP) is 8.18. The van der Waals surface area contributed by atoms with Gasteiger partial charge in [0, 0.05) is 23.6 Å². The molecule has 3 aromatic rings. The van der Waals surface area contributed by atoms with Crippen molar-refractivity contribution in [1.82, 2.24) is 0 Å². The Morgan fingerprint density at radius 3 is 1.83 bits per heavy atom. The van der Waals surface area contributed by atoms with Crippen molar-refractivity contribution in [3.05, 3.63) is 93.3 Å². The molecule has 0 bridgehead atoms. The summed E-state index contributed by atoms with van der Waals surface area (Å²) in [4.78, 5) is 0. The SMILES string of the molecule is CCCCc1cc(F)c(C(F)(F)Oc2cc(F)c(C#Cc3cc(F)c(C#CC(F)(F)F)c(F)c3)c(OC)c2)c(F)c1. The summed E-state index contributed by atoms with van der Waals surface area (Å²) in [5, 5.41) is 0. The monoisotopic (exact) mass is 588 g/mol. The van der Waals surface area contributed by atoms with Crippen LogP contribution in [-0.2, 0) is 12.5 Å².